The van der Waals surface area contributed by atoms with Crippen LogP contribution in [0.5, 0.6) is 0 Å². The van der Waals surface area contributed by atoms with Crippen LogP contribution in [0.3, 0.4) is 0 Å². The molecule has 116 valence electrons. The number of nitrogens with zero attached hydrogens (tertiary/aromatic N) is 1. The van der Waals surface area contributed by atoms with Crippen LogP contribution >= 0.6 is 22.9 Å². The van der Waals surface area contributed by atoms with Crippen LogP contribution in [-0.4, -0.2) is 24.0 Å². The maximum Gasteiger partial charge on any atom is 0.335 e. The summed E-state index contributed by atoms with van der Waals surface area (Å²) in [5, 5.41) is 10.1. The summed E-state index contributed by atoms with van der Waals surface area (Å²) in [6.45, 7) is 0. The van der Waals surface area contributed by atoms with Gasteiger partial charge in [-0.1, -0.05) is 35.9 Å². The molecule has 0 saturated heterocycles. The van der Waals surface area contributed by atoms with Crippen molar-refractivity contribution in [3.05, 3.63) is 64.0 Å². The maximum absolute atomic E-state index is 12.7. The molecular formula is C17H12ClNO3S. The molecule has 0 fully saturated rings. The van der Waals surface area contributed by atoms with Crippen molar-refractivity contribution in [1.29, 1.82) is 0 Å². The van der Waals surface area contributed by atoms with Crippen LogP contribution in [0.15, 0.2) is 48.5 Å². The molecule has 3 rings (SSSR count). The lowest BCUT2D eigenvalue weighted by Crippen LogP contribution is -2.25. The highest BCUT2D eigenvalue weighted by atomic mass is 35.5. The number of carbonyl (C=O) groups is 2. The number of para-hydroxylation sites is 1. The molecule has 1 N–H and O–H groups in total. The van der Waals surface area contributed by atoms with Crippen LogP contribution in [0.2, 0.25) is 5.02 Å². The number of anilines is 1. The van der Waals surface area contributed by atoms with E-state index in [2.05, 4.69) is 0 Å². The summed E-state index contributed by atoms with van der Waals surface area (Å²) in [5.41, 5.74) is 0.933. The molecular weight excluding hydrogens is 334 g/mol. The molecule has 1 heterocycles. The largest absolute Gasteiger partial charge is 0.478 e. The number of amides is 1. The minimum absolute atomic E-state index is 0.172. The van der Waals surface area contributed by atoms with E-state index in [1.807, 2.05) is 30.3 Å². The van der Waals surface area contributed by atoms with Gasteiger partial charge in [0.25, 0.3) is 5.91 Å². The zero-order valence-corrected chi connectivity index (χ0v) is 13.7. The lowest BCUT2D eigenvalue weighted by molar-refractivity contribution is 0.0697. The Kier molecular flexibility index (Phi) is 4.07. The first-order valence-corrected chi connectivity index (χ1v) is 7.97. The predicted molar refractivity (Wildman–Crippen MR) is 93.0 cm³/mol. The van der Waals surface area contributed by atoms with Crippen molar-refractivity contribution < 1.29 is 14.7 Å². The van der Waals surface area contributed by atoms with E-state index in [4.69, 9.17) is 16.7 Å². The van der Waals surface area contributed by atoms with E-state index in [0.717, 1.165) is 5.69 Å². The Labute approximate surface area is 141 Å². The van der Waals surface area contributed by atoms with Gasteiger partial charge in [0.05, 0.1) is 10.6 Å². The van der Waals surface area contributed by atoms with Crippen LogP contribution in [0.1, 0.15) is 20.0 Å². The van der Waals surface area contributed by atoms with Gasteiger partial charge in [0.15, 0.2) is 0 Å². The van der Waals surface area contributed by atoms with E-state index in [-0.39, 0.29) is 11.5 Å². The number of fused-ring (bicyclic) bond motifs is 1. The van der Waals surface area contributed by atoms with Gasteiger partial charge in [-0.2, -0.15) is 0 Å². The summed E-state index contributed by atoms with van der Waals surface area (Å²) in [7, 11) is 1.68. The number of aromatic carboxylic acids is 1. The van der Waals surface area contributed by atoms with Gasteiger partial charge in [0.1, 0.15) is 4.88 Å². The third kappa shape index (κ3) is 2.81. The van der Waals surface area contributed by atoms with Crippen LogP contribution in [0, 0.1) is 0 Å². The molecule has 0 aliphatic heterocycles. The third-order valence-electron chi connectivity index (χ3n) is 3.52. The Morgan fingerprint density at radius 3 is 2.48 bits per heavy atom. The van der Waals surface area contributed by atoms with E-state index in [1.165, 1.54) is 28.4 Å². The second-order valence-corrected chi connectivity index (χ2v) is 6.39. The molecule has 3 aromatic rings. The van der Waals surface area contributed by atoms with E-state index in [0.29, 0.717) is 20.0 Å². The monoisotopic (exact) mass is 345 g/mol. The predicted octanol–water partition coefficient (Wildman–Crippen LogP) is 4.53. The Bertz CT molecular complexity index is 905. The summed E-state index contributed by atoms with van der Waals surface area (Å²) in [4.78, 5) is 25.7. The fourth-order valence-corrected chi connectivity index (χ4v) is 3.78. The van der Waals surface area contributed by atoms with Crippen molar-refractivity contribution in [1.82, 2.24) is 0 Å². The molecule has 1 aromatic heterocycles. The standard InChI is InChI=1S/C17H12ClNO3S/c1-19(11-5-3-2-4-6-11)16(20)15-14(18)12-8-7-10(17(21)22)9-13(12)23-15/h2-9H,1H3,(H,21,22). The number of carboxylic acid groups (broad SMARTS) is 1. The van der Waals surface area contributed by atoms with Crippen LogP contribution in [-0.2, 0) is 0 Å². The van der Waals surface area contributed by atoms with E-state index < -0.39 is 5.97 Å². The number of rotatable bonds is 3. The molecule has 4 nitrogen and oxygen atoms in total. The summed E-state index contributed by atoms with van der Waals surface area (Å²) < 4.78 is 0.680. The topological polar surface area (TPSA) is 57.6 Å². The van der Waals surface area contributed by atoms with Gasteiger partial charge in [0.2, 0.25) is 0 Å². The average molecular weight is 346 g/mol. The molecule has 23 heavy (non-hydrogen) atoms. The maximum atomic E-state index is 12.7. The van der Waals surface area contributed by atoms with Crippen molar-refractivity contribution >= 4 is 50.6 Å². The molecule has 0 spiro atoms. The molecule has 1 amide bonds. The van der Waals surface area contributed by atoms with E-state index in [1.54, 1.807) is 13.1 Å². The smallest absolute Gasteiger partial charge is 0.335 e. The zero-order valence-electron chi connectivity index (χ0n) is 12.1. The molecule has 0 unspecified atom stereocenters. The Hall–Kier alpha value is -2.37. The first kappa shape index (κ1) is 15.5. The van der Waals surface area contributed by atoms with Gasteiger partial charge in [-0.05, 0) is 24.3 Å². The molecule has 0 aliphatic carbocycles. The molecule has 0 bridgehead atoms. The molecule has 0 radical (unpaired) electrons. The number of halogens is 1. The van der Waals surface area contributed by atoms with Crippen molar-refractivity contribution in [2.24, 2.45) is 0 Å². The zero-order chi connectivity index (χ0) is 16.6. The SMILES string of the molecule is CN(C(=O)c1sc2cc(C(=O)O)ccc2c1Cl)c1ccccc1. The van der Waals surface area contributed by atoms with Gasteiger partial charge in [-0.3, -0.25) is 4.79 Å². The lowest BCUT2D eigenvalue weighted by atomic mass is 10.1. The van der Waals surface area contributed by atoms with Gasteiger partial charge in [-0.25, -0.2) is 4.79 Å². The van der Waals surface area contributed by atoms with Crippen LogP contribution < -0.4 is 4.90 Å². The van der Waals surface area contributed by atoms with Gasteiger partial charge in [-0.15, -0.1) is 11.3 Å². The Balaban J connectivity index is 2.04. The fourth-order valence-electron chi connectivity index (χ4n) is 2.26. The molecule has 2 aromatic carbocycles. The van der Waals surface area contributed by atoms with Crippen molar-refractivity contribution in [2.45, 2.75) is 0 Å². The number of hydrogen-bond acceptors (Lipinski definition) is 3. The number of carbonyl (C=O) groups excluding carboxylic acids is 1. The van der Waals surface area contributed by atoms with E-state index in [9.17, 15) is 9.59 Å². The second kappa shape index (κ2) is 6.02. The van der Waals surface area contributed by atoms with E-state index >= 15 is 0 Å². The molecule has 0 aliphatic rings. The number of thiophene rings is 1. The van der Waals surface area contributed by atoms with Crippen LogP contribution in [0.25, 0.3) is 10.1 Å². The quantitative estimate of drug-likeness (QED) is 0.758. The Morgan fingerprint density at radius 1 is 1.13 bits per heavy atom. The lowest BCUT2D eigenvalue weighted by Gasteiger charge is -2.16. The number of hydrogen-bond donors (Lipinski definition) is 1. The first-order valence-electron chi connectivity index (χ1n) is 6.77. The highest BCUT2D eigenvalue weighted by Crippen LogP contribution is 2.37. The second-order valence-electron chi connectivity index (χ2n) is 4.96. The summed E-state index contributed by atoms with van der Waals surface area (Å²) >= 11 is 7.53. The molecule has 0 saturated carbocycles. The van der Waals surface area contributed by atoms with Crippen molar-refractivity contribution in [3.63, 3.8) is 0 Å². The highest BCUT2D eigenvalue weighted by Gasteiger charge is 2.21. The number of carboxylic acids is 1. The molecule has 6 heteroatoms. The van der Waals surface area contributed by atoms with Crippen molar-refractivity contribution in [2.75, 3.05) is 11.9 Å². The fraction of sp³-hybridized carbons (Fsp3) is 0.0588. The third-order valence-corrected chi connectivity index (χ3v) is 5.16. The Morgan fingerprint density at radius 2 is 1.83 bits per heavy atom. The average Bonchev–Trinajstić information content (AvgIpc) is 2.90. The normalized spacial score (nSPS) is 10.7. The minimum Gasteiger partial charge on any atom is -0.478 e. The summed E-state index contributed by atoms with van der Waals surface area (Å²) in [5.74, 6) is -1.23. The van der Waals surface area contributed by atoms with Gasteiger partial charge in [0, 0.05) is 22.8 Å². The summed E-state index contributed by atoms with van der Waals surface area (Å²) in [6.07, 6.45) is 0. The van der Waals surface area contributed by atoms with Gasteiger partial charge >= 0.3 is 5.97 Å². The first-order chi connectivity index (χ1) is 11.0. The minimum atomic E-state index is -1.01. The van der Waals surface area contributed by atoms with Crippen LogP contribution in [0.4, 0.5) is 5.69 Å². The molecule has 0 atom stereocenters. The summed E-state index contributed by atoms with van der Waals surface area (Å²) in [6, 6.07) is 13.9. The van der Waals surface area contributed by atoms with Gasteiger partial charge < -0.3 is 10.0 Å². The van der Waals surface area contributed by atoms with Crippen molar-refractivity contribution in [3.8, 4) is 0 Å². The number of benzene rings is 2. The highest BCUT2D eigenvalue weighted by molar-refractivity contribution is 7.21.